The second-order valence-corrected chi connectivity index (χ2v) is 4.41. The molecular weight excluding hydrogens is 284 g/mol. The number of fused-ring (bicyclic) bond motifs is 1. The normalized spacial score (nSPS) is 10.9. The average Bonchev–Trinajstić information content (AvgIpc) is 2.76. The van der Waals surface area contributed by atoms with E-state index in [9.17, 15) is 4.79 Å². The van der Waals surface area contributed by atoms with Crippen molar-refractivity contribution in [3.63, 3.8) is 0 Å². The van der Waals surface area contributed by atoms with Crippen LogP contribution in [0.4, 0.5) is 0 Å². The first-order valence-electron chi connectivity index (χ1n) is 4.97. The van der Waals surface area contributed by atoms with Crippen molar-refractivity contribution < 1.29 is 4.42 Å². The minimum Gasteiger partial charge on any atom is -0.464 e. The van der Waals surface area contributed by atoms with Crippen molar-refractivity contribution in [2.45, 2.75) is 0 Å². The molecule has 0 aliphatic rings. The van der Waals surface area contributed by atoms with Gasteiger partial charge in [-0.05, 0) is 22.0 Å². The summed E-state index contributed by atoms with van der Waals surface area (Å²) < 4.78 is 5.81. The first-order valence-corrected chi connectivity index (χ1v) is 5.76. The van der Waals surface area contributed by atoms with Gasteiger partial charge in [0.05, 0.1) is 5.56 Å². The van der Waals surface area contributed by atoms with Crippen LogP contribution in [0.5, 0.6) is 0 Å². The number of para-hydroxylation sites is 1. The van der Waals surface area contributed by atoms with Gasteiger partial charge in [0, 0.05) is 11.6 Å². The van der Waals surface area contributed by atoms with Gasteiger partial charge in [-0.1, -0.05) is 18.2 Å². The molecule has 3 aromatic rings. The molecule has 0 aliphatic carbocycles. The second kappa shape index (κ2) is 3.85. The lowest BCUT2D eigenvalue weighted by Gasteiger charge is -1.97. The summed E-state index contributed by atoms with van der Waals surface area (Å²) in [6.07, 6.45) is 3.08. The Morgan fingerprint density at radius 2 is 2.12 bits per heavy atom. The number of halogens is 1. The summed E-state index contributed by atoms with van der Waals surface area (Å²) in [5, 5.41) is 0.929. The van der Waals surface area contributed by atoms with Crippen molar-refractivity contribution in [3.8, 4) is 11.4 Å². The van der Waals surface area contributed by atoms with Gasteiger partial charge in [-0.3, -0.25) is 4.79 Å². The van der Waals surface area contributed by atoms with E-state index < -0.39 is 0 Å². The summed E-state index contributed by atoms with van der Waals surface area (Å²) >= 11 is 3.11. The fourth-order valence-corrected chi connectivity index (χ4v) is 1.88. The summed E-state index contributed by atoms with van der Waals surface area (Å²) in [7, 11) is 0. The van der Waals surface area contributed by atoms with E-state index in [4.69, 9.17) is 4.42 Å². The third-order valence-corrected chi connectivity index (χ3v) is 3.06. The van der Waals surface area contributed by atoms with Crippen molar-refractivity contribution in [1.82, 2.24) is 9.97 Å². The zero-order valence-corrected chi connectivity index (χ0v) is 10.2. The fourth-order valence-electron chi connectivity index (χ4n) is 1.68. The molecule has 0 spiro atoms. The fraction of sp³-hybridized carbons (Fsp3) is 0. The Balaban J connectivity index is 2.27. The van der Waals surface area contributed by atoms with Gasteiger partial charge in [0.2, 0.25) is 0 Å². The molecule has 3 rings (SSSR count). The minimum atomic E-state index is -0.208. The van der Waals surface area contributed by atoms with Crippen molar-refractivity contribution in [3.05, 3.63) is 51.6 Å². The van der Waals surface area contributed by atoms with E-state index >= 15 is 0 Å². The zero-order valence-electron chi connectivity index (χ0n) is 8.61. The Kier molecular flexibility index (Phi) is 2.33. The van der Waals surface area contributed by atoms with Gasteiger partial charge in [0.1, 0.15) is 22.1 Å². The molecule has 17 heavy (non-hydrogen) atoms. The van der Waals surface area contributed by atoms with Crippen LogP contribution in [0.3, 0.4) is 0 Å². The zero-order chi connectivity index (χ0) is 11.8. The lowest BCUT2D eigenvalue weighted by atomic mass is 10.1. The Hall–Kier alpha value is -1.88. The smallest absolute Gasteiger partial charge is 0.265 e. The molecule has 0 unspecified atom stereocenters. The molecule has 4 nitrogen and oxygen atoms in total. The lowest BCUT2D eigenvalue weighted by molar-refractivity contribution is 0.616. The minimum absolute atomic E-state index is 0.208. The Morgan fingerprint density at radius 3 is 2.94 bits per heavy atom. The van der Waals surface area contributed by atoms with Crippen molar-refractivity contribution in [1.29, 1.82) is 0 Å². The lowest BCUT2D eigenvalue weighted by Crippen LogP contribution is -2.08. The molecule has 1 aromatic carbocycles. The maximum atomic E-state index is 11.5. The quantitative estimate of drug-likeness (QED) is 0.750. The van der Waals surface area contributed by atoms with Crippen LogP contribution < -0.4 is 5.56 Å². The van der Waals surface area contributed by atoms with Crippen LogP contribution in [0.25, 0.3) is 22.4 Å². The predicted octanol–water partition coefficient (Wildman–Crippen LogP) is 2.95. The highest BCUT2D eigenvalue weighted by Crippen LogP contribution is 2.27. The van der Waals surface area contributed by atoms with Crippen LogP contribution in [0.2, 0.25) is 0 Å². The average molecular weight is 291 g/mol. The maximum Gasteiger partial charge on any atom is 0.265 e. The third-order valence-electron chi connectivity index (χ3n) is 2.49. The van der Waals surface area contributed by atoms with E-state index in [-0.39, 0.29) is 5.56 Å². The number of nitrogens with one attached hydrogen (secondary N) is 1. The SMILES string of the molecule is O=c1[nH]c(-c2coc3ccccc23)ncc1Br. The first-order chi connectivity index (χ1) is 8.25. The Labute approximate surface area is 104 Å². The van der Waals surface area contributed by atoms with Gasteiger partial charge < -0.3 is 9.40 Å². The van der Waals surface area contributed by atoms with Gasteiger partial charge >= 0.3 is 0 Å². The van der Waals surface area contributed by atoms with E-state index in [0.29, 0.717) is 10.3 Å². The molecule has 0 amide bonds. The van der Waals surface area contributed by atoms with Crippen LogP contribution in [0.1, 0.15) is 0 Å². The Morgan fingerprint density at radius 1 is 1.29 bits per heavy atom. The molecule has 0 radical (unpaired) electrons. The highest BCUT2D eigenvalue weighted by atomic mass is 79.9. The number of rotatable bonds is 1. The molecule has 0 aliphatic heterocycles. The van der Waals surface area contributed by atoms with Crippen LogP contribution in [0.15, 0.2) is 50.4 Å². The van der Waals surface area contributed by atoms with Crippen LogP contribution in [-0.4, -0.2) is 9.97 Å². The number of benzene rings is 1. The summed E-state index contributed by atoms with van der Waals surface area (Å²) in [6, 6.07) is 7.61. The number of aromatic amines is 1. The molecule has 84 valence electrons. The molecular formula is C12H7BrN2O2. The second-order valence-electron chi connectivity index (χ2n) is 3.55. The van der Waals surface area contributed by atoms with Gasteiger partial charge in [-0.2, -0.15) is 0 Å². The van der Waals surface area contributed by atoms with Gasteiger partial charge in [0.15, 0.2) is 0 Å². The standard InChI is InChI=1S/C12H7BrN2O2/c13-9-5-14-11(15-12(9)16)8-6-17-10-4-2-1-3-7(8)10/h1-6H,(H,14,15,16). The number of hydrogen-bond acceptors (Lipinski definition) is 3. The molecule has 2 heterocycles. The molecule has 5 heteroatoms. The highest BCUT2D eigenvalue weighted by Gasteiger charge is 2.10. The van der Waals surface area contributed by atoms with Crippen molar-refractivity contribution in [2.75, 3.05) is 0 Å². The highest BCUT2D eigenvalue weighted by molar-refractivity contribution is 9.10. The Bertz CT molecular complexity index is 745. The maximum absolute atomic E-state index is 11.5. The predicted molar refractivity (Wildman–Crippen MR) is 67.8 cm³/mol. The summed E-state index contributed by atoms with van der Waals surface area (Å²) in [5.41, 5.74) is 1.35. The van der Waals surface area contributed by atoms with Crippen molar-refractivity contribution in [2.24, 2.45) is 0 Å². The van der Waals surface area contributed by atoms with E-state index in [1.807, 2.05) is 24.3 Å². The molecule has 0 saturated heterocycles. The molecule has 0 bridgehead atoms. The molecule has 1 N–H and O–H groups in total. The van der Waals surface area contributed by atoms with Gasteiger partial charge in [-0.15, -0.1) is 0 Å². The summed E-state index contributed by atoms with van der Waals surface area (Å²) in [6.45, 7) is 0. The number of aromatic nitrogens is 2. The summed E-state index contributed by atoms with van der Waals surface area (Å²) in [5.74, 6) is 0.503. The van der Waals surface area contributed by atoms with E-state index in [1.165, 1.54) is 6.20 Å². The van der Waals surface area contributed by atoms with Gasteiger partial charge in [-0.25, -0.2) is 4.98 Å². The number of H-pyrrole nitrogens is 1. The van der Waals surface area contributed by atoms with Crippen LogP contribution >= 0.6 is 15.9 Å². The van der Waals surface area contributed by atoms with E-state index in [1.54, 1.807) is 6.26 Å². The monoisotopic (exact) mass is 290 g/mol. The largest absolute Gasteiger partial charge is 0.464 e. The van der Waals surface area contributed by atoms with E-state index in [2.05, 4.69) is 25.9 Å². The number of nitrogens with zero attached hydrogens (tertiary/aromatic N) is 1. The van der Waals surface area contributed by atoms with Gasteiger partial charge in [0.25, 0.3) is 5.56 Å². The van der Waals surface area contributed by atoms with Crippen LogP contribution in [-0.2, 0) is 0 Å². The third kappa shape index (κ3) is 1.68. The topological polar surface area (TPSA) is 58.9 Å². The molecule has 0 fully saturated rings. The molecule has 2 aromatic heterocycles. The summed E-state index contributed by atoms with van der Waals surface area (Å²) in [4.78, 5) is 18.4. The van der Waals surface area contributed by atoms with Crippen LogP contribution in [0, 0.1) is 0 Å². The first kappa shape index (κ1) is 10.3. The molecule has 0 atom stereocenters. The number of furan rings is 1. The number of hydrogen-bond donors (Lipinski definition) is 1. The van der Waals surface area contributed by atoms with E-state index in [0.717, 1.165) is 16.5 Å². The molecule has 0 saturated carbocycles. The van der Waals surface area contributed by atoms with Crippen molar-refractivity contribution >= 4 is 26.9 Å².